The topological polar surface area (TPSA) is 145 Å². The molecular formula is C36H70O8. The lowest BCUT2D eigenvalue weighted by Crippen LogP contribution is -2.51. The van der Waals surface area contributed by atoms with Gasteiger partial charge in [-0.15, -0.1) is 0 Å². The number of carbonyl (C=O) groups is 2. The van der Waals surface area contributed by atoms with Crippen LogP contribution in [0.2, 0.25) is 0 Å². The van der Waals surface area contributed by atoms with Crippen LogP contribution in [0.1, 0.15) is 187 Å². The normalized spacial score (nSPS) is 15.1. The zero-order valence-corrected chi connectivity index (χ0v) is 28.4. The third-order valence-electron chi connectivity index (χ3n) is 8.71. The summed E-state index contributed by atoms with van der Waals surface area (Å²) in [5, 5.41) is 51.0. The highest BCUT2D eigenvalue weighted by Gasteiger charge is 2.38. The van der Waals surface area contributed by atoms with Crippen LogP contribution < -0.4 is 0 Å². The summed E-state index contributed by atoms with van der Waals surface area (Å²) < 4.78 is 4.64. The summed E-state index contributed by atoms with van der Waals surface area (Å²) in [5.41, 5.74) is 0. The van der Waals surface area contributed by atoms with Crippen LogP contribution in [0, 0.1) is 0 Å². The van der Waals surface area contributed by atoms with E-state index < -0.39 is 42.5 Å². The molecule has 0 bridgehead atoms. The minimum atomic E-state index is -2.21. The molecule has 0 saturated heterocycles. The Morgan fingerprint density at radius 2 is 0.795 bits per heavy atom. The van der Waals surface area contributed by atoms with Gasteiger partial charge in [-0.05, 0) is 12.8 Å². The van der Waals surface area contributed by atoms with E-state index in [1.165, 1.54) is 109 Å². The Kier molecular flexibility index (Phi) is 29.8. The van der Waals surface area contributed by atoms with Crippen LogP contribution in [-0.2, 0) is 14.3 Å². The molecule has 0 amide bonds. The van der Waals surface area contributed by atoms with Gasteiger partial charge in [0.2, 0.25) is 0 Å². The molecule has 5 atom stereocenters. The monoisotopic (exact) mass is 631 g/mol. The maximum atomic E-state index is 12.1. The van der Waals surface area contributed by atoms with E-state index in [0.29, 0.717) is 12.8 Å². The summed E-state index contributed by atoms with van der Waals surface area (Å²) in [7, 11) is 0. The number of aliphatic hydroxyl groups excluding tert-OH is 5. The van der Waals surface area contributed by atoms with Gasteiger partial charge >= 0.3 is 11.9 Å². The van der Waals surface area contributed by atoms with Gasteiger partial charge in [-0.2, -0.15) is 0 Å². The zero-order valence-electron chi connectivity index (χ0n) is 28.4. The first-order valence-corrected chi connectivity index (χ1v) is 18.4. The molecule has 0 spiro atoms. The Balaban J connectivity index is 3.93. The highest BCUT2D eigenvalue weighted by Crippen LogP contribution is 2.17. The molecular weight excluding hydrogens is 560 g/mol. The van der Waals surface area contributed by atoms with Crippen molar-refractivity contribution in [2.45, 2.75) is 218 Å². The Morgan fingerprint density at radius 1 is 0.455 bits per heavy atom. The van der Waals surface area contributed by atoms with E-state index in [9.17, 15) is 35.1 Å². The molecule has 5 N–H and O–H groups in total. The molecule has 0 fully saturated rings. The summed E-state index contributed by atoms with van der Waals surface area (Å²) in [6.07, 6.45) is 20.0. The van der Waals surface area contributed by atoms with Crippen molar-refractivity contribution in [1.29, 1.82) is 0 Å². The van der Waals surface area contributed by atoms with E-state index in [2.05, 4.69) is 18.6 Å². The Morgan fingerprint density at radius 3 is 1.18 bits per heavy atom. The maximum Gasteiger partial charge on any atom is 0.345 e. The molecule has 8 heteroatoms. The first-order chi connectivity index (χ1) is 21.3. The first kappa shape index (κ1) is 42.9. The predicted molar refractivity (Wildman–Crippen MR) is 177 cm³/mol. The number of carbonyl (C=O) groups excluding carboxylic acids is 2. The number of aliphatic hydroxyl groups is 5. The lowest BCUT2D eigenvalue weighted by molar-refractivity contribution is -0.179. The van der Waals surface area contributed by atoms with E-state index >= 15 is 0 Å². The van der Waals surface area contributed by atoms with Crippen LogP contribution in [-0.4, -0.2) is 68.0 Å². The standard InChI is InChI=1S/C36H70O8/c1-3-5-7-9-11-13-15-17-19-21-23-25-27-29-31(38)44-36(43)35(42)34(41)33(40)32(39)30(37)28-26-24-22-20-18-16-14-12-10-8-6-4-2/h30,32-35,37,39-42H,3-29H2,1-2H3/t30?,32-,33-,34+,35-/m1/s1. The third kappa shape index (κ3) is 24.2. The molecule has 1 unspecified atom stereocenters. The van der Waals surface area contributed by atoms with Crippen LogP contribution in [0.5, 0.6) is 0 Å². The summed E-state index contributed by atoms with van der Waals surface area (Å²) in [6.45, 7) is 4.45. The minimum absolute atomic E-state index is 0.0231. The van der Waals surface area contributed by atoms with Crippen LogP contribution in [0.3, 0.4) is 0 Å². The molecule has 262 valence electrons. The molecule has 0 aromatic heterocycles. The number of hydrogen-bond acceptors (Lipinski definition) is 8. The van der Waals surface area contributed by atoms with Gasteiger partial charge in [-0.3, -0.25) is 4.79 Å². The number of esters is 2. The van der Waals surface area contributed by atoms with Crippen molar-refractivity contribution in [1.82, 2.24) is 0 Å². The smallest absolute Gasteiger partial charge is 0.345 e. The first-order valence-electron chi connectivity index (χ1n) is 18.4. The van der Waals surface area contributed by atoms with Crippen molar-refractivity contribution in [2.24, 2.45) is 0 Å². The second-order valence-electron chi connectivity index (χ2n) is 12.9. The highest BCUT2D eigenvalue weighted by molar-refractivity contribution is 5.88. The summed E-state index contributed by atoms with van der Waals surface area (Å²) >= 11 is 0. The van der Waals surface area contributed by atoms with Crippen LogP contribution >= 0.6 is 0 Å². The second-order valence-corrected chi connectivity index (χ2v) is 12.9. The van der Waals surface area contributed by atoms with Crippen molar-refractivity contribution < 1.29 is 39.9 Å². The fraction of sp³-hybridized carbons (Fsp3) is 0.944. The van der Waals surface area contributed by atoms with Gasteiger partial charge in [0.15, 0.2) is 6.10 Å². The van der Waals surface area contributed by atoms with Gasteiger partial charge < -0.3 is 30.3 Å². The molecule has 0 radical (unpaired) electrons. The van der Waals surface area contributed by atoms with Crippen LogP contribution in [0.4, 0.5) is 0 Å². The molecule has 0 saturated carbocycles. The fourth-order valence-corrected chi connectivity index (χ4v) is 5.63. The lowest BCUT2D eigenvalue weighted by Gasteiger charge is -2.28. The van der Waals surface area contributed by atoms with Crippen molar-refractivity contribution in [3.05, 3.63) is 0 Å². The van der Waals surface area contributed by atoms with E-state index in [1.807, 2.05) is 0 Å². The van der Waals surface area contributed by atoms with E-state index in [0.717, 1.165) is 38.5 Å². The van der Waals surface area contributed by atoms with E-state index in [-0.39, 0.29) is 12.8 Å². The van der Waals surface area contributed by atoms with E-state index in [1.54, 1.807) is 0 Å². The second kappa shape index (κ2) is 30.6. The molecule has 0 heterocycles. The molecule has 8 nitrogen and oxygen atoms in total. The van der Waals surface area contributed by atoms with Gasteiger partial charge in [0.05, 0.1) is 6.10 Å². The molecule has 0 aliphatic carbocycles. The van der Waals surface area contributed by atoms with Crippen LogP contribution in [0.15, 0.2) is 0 Å². The Hall–Kier alpha value is -1.06. The SMILES string of the molecule is CCCCCCCCCCCCCCCC(=O)OC(=O)[C@H](O)[C@@H](O)[C@H](O)[C@H](O)C(O)CCCCCCCCCCCCCC. The molecule has 0 aromatic carbocycles. The molecule has 0 aliphatic rings. The maximum absolute atomic E-state index is 12.1. The van der Waals surface area contributed by atoms with Crippen molar-refractivity contribution in [3.8, 4) is 0 Å². The zero-order chi connectivity index (χ0) is 32.8. The number of hydrogen-bond donors (Lipinski definition) is 5. The average Bonchev–Trinajstić information content (AvgIpc) is 3.02. The number of ether oxygens (including phenoxy) is 1. The lowest BCUT2D eigenvalue weighted by atomic mass is 9.96. The van der Waals surface area contributed by atoms with Crippen molar-refractivity contribution in [2.75, 3.05) is 0 Å². The Labute approximate surface area is 269 Å². The summed E-state index contributed by atoms with van der Waals surface area (Å²) in [6, 6.07) is 0. The fourth-order valence-electron chi connectivity index (χ4n) is 5.63. The quantitative estimate of drug-likeness (QED) is 0.0293. The molecule has 44 heavy (non-hydrogen) atoms. The molecule has 0 aromatic rings. The molecule has 0 rings (SSSR count). The van der Waals surface area contributed by atoms with Gasteiger partial charge in [-0.25, -0.2) is 4.79 Å². The molecule has 0 aliphatic heterocycles. The van der Waals surface area contributed by atoms with Gasteiger partial charge in [0.25, 0.3) is 0 Å². The minimum Gasteiger partial charge on any atom is -0.391 e. The highest BCUT2D eigenvalue weighted by atomic mass is 16.6. The number of unbranched alkanes of at least 4 members (excludes halogenated alkanes) is 23. The predicted octanol–water partition coefficient (Wildman–Crippen LogP) is 7.43. The van der Waals surface area contributed by atoms with Crippen molar-refractivity contribution >= 4 is 11.9 Å². The van der Waals surface area contributed by atoms with Crippen LogP contribution in [0.25, 0.3) is 0 Å². The largest absolute Gasteiger partial charge is 0.391 e. The number of rotatable bonds is 32. The summed E-state index contributed by atoms with van der Waals surface area (Å²) in [4.78, 5) is 24.1. The van der Waals surface area contributed by atoms with Gasteiger partial charge in [0, 0.05) is 6.42 Å². The summed E-state index contributed by atoms with van der Waals surface area (Å²) in [5.74, 6) is -2.18. The van der Waals surface area contributed by atoms with E-state index in [4.69, 9.17) is 0 Å². The third-order valence-corrected chi connectivity index (χ3v) is 8.71. The van der Waals surface area contributed by atoms with Gasteiger partial charge in [0.1, 0.15) is 18.3 Å². The van der Waals surface area contributed by atoms with Crippen molar-refractivity contribution in [3.63, 3.8) is 0 Å². The average molecular weight is 631 g/mol. The van der Waals surface area contributed by atoms with Gasteiger partial charge in [-0.1, -0.05) is 168 Å². The Bertz CT molecular complexity index is 658.